The summed E-state index contributed by atoms with van der Waals surface area (Å²) in [5, 5.41) is 27.3. The number of carbonyl (C=O) groups excluding carboxylic acids is 4. The van der Waals surface area contributed by atoms with Crippen molar-refractivity contribution in [2.24, 2.45) is 0 Å². The van der Waals surface area contributed by atoms with Crippen molar-refractivity contribution in [1.82, 2.24) is 9.80 Å². The van der Waals surface area contributed by atoms with E-state index in [1.165, 1.54) is 21.9 Å². The van der Waals surface area contributed by atoms with Gasteiger partial charge in [0, 0.05) is 43.2 Å². The third-order valence-corrected chi connectivity index (χ3v) is 10.8. The molecule has 12 heteroatoms. The highest BCUT2D eigenvalue weighted by Gasteiger charge is 2.38. The molecule has 7 rings (SSSR count). The maximum absolute atomic E-state index is 13.9. The number of amides is 4. The van der Waals surface area contributed by atoms with Gasteiger partial charge in [-0.25, -0.2) is 4.39 Å². The third-order valence-electron chi connectivity index (χ3n) is 10.8. The number of aliphatic hydroxyl groups excluding tert-OH is 2. The molecule has 4 amide bonds. The van der Waals surface area contributed by atoms with Crippen LogP contribution in [0.1, 0.15) is 60.1 Å². The summed E-state index contributed by atoms with van der Waals surface area (Å²) in [6.07, 6.45) is -0.378. The lowest BCUT2D eigenvalue weighted by Crippen LogP contribution is -2.45. The van der Waals surface area contributed by atoms with Crippen LogP contribution >= 0.6 is 0 Å². The molecule has 0 saturated carbocycles. The Balaban J connectivity index is 0.970. The van der Waals surface area contributed by atoms with Crippen LogP contribution < -0.4 is 15.5 Å². The largest absolute Gasteiger partial charge is 0.378 e. The average molecular weight is 784 g/mol. The molecule has 298 valence electrons. The fourth-order valence-electron chi connectivity index (χ4n) is 7.65. The van der Waals surface area contributed by atoms with Crippen LogP contribution in [0.4, 0.5) is 21.5 Å². The van der Waals surface area contributed by atoms with Crippen LogP contribution in [0.5, 0.6) is 0 Å². The van der Waals surface area contributed by atoms with Gasteiger partial charge in [0.2, 0.25) is 11.8 Å². The molecule has 11 nitrogen and oxygen atoms in total. The van der Waals surface area contributed by atoms with Gasteiger partial charge in [-0.15, -0.1) is 0 Å². The Morgan fingerprint density at radius 3 is 1.38 bits per heavy atom. The number of anilines is 3. The van der Waals surface area contributed by atoms with Gasteiger partial charge >= 0.3 is 0 Å². The molecule has 0 radical (unpaired) electrons. The van der Waals surface area contributed by atoms with Crippen molar-refractivity contribution < 1.29 is 33.8 Å². The van der Waals surface area contributed by atoms with Crippen molar-refractivity contribution in [1.29, 1.82) is 0 Å². The molecular formula is C46H46FN5O6. The summed E-state index contributed by atoms with van der Waals surface area (Å²) in [7, 11) is 0. The summed E-state index contributed by atoms with van der Waals surface area (Å²) < 4.78 is 13.9. The van der Waals surface area contributed by atoms with E-state index in [0.29, 0.717) is 74.4 Å². The Bertz CT molecular complexity index is 2050. The quantitative estimate of drug-likeness (QED) is 0.109. The molecule has 5 aromatic rings. The molecule has 2 fully saturated rings. The van der Waals surface area contributed by atoms with Crippen molar-refractivity contribution >= 4 is 40.7 Å². The standard InChI is InChI=1S/C46H46FN5O6/c47-35-19-25-38(26-20-35)50(29-31-15-21-36(22-16-31)48-43(55)39-13-7-27-51(39)45(57)41(53)33-9-3-1-4-10-33)30-32-17-23-37(24-18-32)49-44(56)40-14-8-28-52(40)46(58)42(54)34-11-5-2-6-12-34/h1-6,9-12,15-26,39-42,53-54H,7-8,13-14,27-30H2,(H,48,55)(H,49,56)/t39-,40?,41+,42+/m0/s1. The molecule has 4 atom stereocenters. The lowest BCUT2D eigenvalue weighted by atomic mass is 10.1. The first kappa shape index (κ1) is 39.8. The molecular weight excluding hydrogens is 738 g/mol. The fourth-order valence-corrected chi connectivity index (χ4v) is 7.65. The van der Waals surface area contributed by atoms with Gasteiger partial charge in [0.05, 0.1) is 0 Å². The molecule has 2 heterocycles. The molecule has 2 aliphatic rings. The molecule has 2 saturated heterocycles. The van der Waals surface area contributed by atoms with Crippen molar-refractivity contribution in [3.05, 3.63) is 162 Å². The first-order valence-electron chi connectivity index (χ1n) is 19.5. The minimum absolute atomic E-state index is 0.317. The summed E-state index contributed by atoms with van der Waals surface area (Å²) in [5.41, 5.74) is 4.76. The SMILES string of the molecule is O=C(Nc1ccc(CN(Cc2ccc(NC(=O)[C@@H]3CCCN3C(=O)[C@H](O)c3ccccc3)cc2)c2ccc(F)cc2)cc1)C1CCCN1C(=O)[C@H](O)c1ccccc1. The number of halogens is 1. The molecule has 4 N–H and O–H groups in total. The maximum Gasteiger partial charge on any atom is 0.256 e. The second-order valence-corrected chi connectivity index (χ2v) is 14.7. The van der Waals surface area contributed by atoms with Crippen LogP contribution in [0, 0.1) is 5.82 Å². The monoisotopic (exact) mass is 783 g/mol. The van der Waals surface area contributed by atoms with Crippen LogP contribution in [0.3, 0.4) is 0 Å². The van der Waals surface area contributed by atoms with Crippen LogP contribution in [0.25, 0.3) is 0 Å². The Labute approximate surface area is 336 Å². The van der Waals surface area contributed by atoms with Crippen LogP contribution in [0.2, 0.25) is 0 Å². The van der Waals surface area contributed by atoms with Gasteiger partial charge in [-0.1, -0.05) is 84.9 Å². The Kier molecular flexibility index (Phi) is 12.5. The zero-order valence-corrected chi connectivity index (χ0v) is 31.9. The highest BCUT2D eigenvalue weighted by atomic mass is 19.1. The van der Waals surface area contributed by atoms with Gasteiger partial charge in [-0.3, -0.25) is 19.2 Å². The molecule has 0 aliphatic carbocycles. The Hall–Kier alpha value is -6.37. The van der Waals surface area contributed by atoms with Gasteiger partial charge in [-0.2, -0.15) is 0 Å². The molecule has 2 aliphatic heterocycles. The molecule has 0 spiro atoms. The minimum Gasteiger partial charge on any atom is -0.378 e. The van der Waals surface area contributed by atoms with Gasteiger partial charge in [0.25, 0.3) is 11.8 Å². The summed E-state index contributed by atoms with van der Waals surface area (Å²) in [6, 6.07) is 37.0. The molecule has 58 heavy (non-hydrogen) atoms. The topological polar surface area (TPSA) is 143 Å². The van der Waals surface area contributed by atoms with E-state index in [1.54, 1.807) is 97.1 Å². The predicted molar refractivity (Wildman–Crippen MR) is 219 cm³/mol. The maximum atomic E-state index is 13.9. The van der Waals surface area contributed by atoms with Gasteiger partial charge < -0.3 is 35.5 Å². The number of likely N-dealkylation sites (tertiary alicyclic amines) is 2. The fraction of sp³-hybridized carbons (Fsp3) is 0.261. The van der Waals surface area contributed by atoms with Crippen LogP contribution in [-0.2, 0) is 32.3 Å². The van der Waals surface area contributed by atoms with Crippen LogP contribution in [-0.4, -0.2) is 68.8 Å². The van der Waals surface area contributed by atoms with Crippen molar-refractivity contribution in [2.75, 3.05) is 28.6 Å². The number of benzene rings is 5. The highest BCUT2D eigenvalue weighted by Crippen LogP contribution is 2.28. The number of rotatable bonds is 13. The number of hydrogen-bond donors (Lipinski definition) is 4. The smallest absolute Gasteiger partial charge is 0.256 e. The molecule has 0 bridgehead atoms. The molecule has 5 aromatic carbocycles. The second-order valence-electron chi connectivity index (χ2n) is 14.7. The van der Waals surface area contributed by atoms with Crippen molar-refractivity contribution in [3.63, 3.8) is 0 Å². The van der Waals surface area contributed by atoms with E-state index in [0.717, 1.165) is 16.8 Å². The zero-order valence-electron chi connectivity index (χ0n) is 31.9. The van der Waals surface area contributed by atoms with Crippen molar-refractivity contribution in [2.45, 2.75) is 63.1 Å². The van der Waals surface area contributed by atoms with Gasteiger partial charge in [0.15, 0.2) is 12.2 Å². The number of aliphatic hydroxyl groups is 2. The van der Waals surface area contributed by atoms with E-state index in [9.17, 15) is 33.8 Å². The number of nitrogens with one attached hydrogen (secondary N) is 2. The van der Waals surface area contributed by atoms with E-state index < -0.39 is 36.1 Å². The number of hydrogen-bond acceptors (Lipinski definition) is 7. The molecule has 0 aromatic heterocycles. The normalized spacial score (nSPS) is 17.4. The average Bonchev–Trinajstić information content (AvgIpc) is 3.96. The summed E-state index contributed by atoms with van der Waals surface area (Å²) in [4.78, 5) is 58.0. The van der Waals surface area contributed by atoms with E-state index in [1.807, 2.05) is 24.3 Å². The minimum atomic E-state index is -1.34. The Morgan fingerprint density at radius 2 is 0.983 bits per heavy atom. The summed E-state index contributed by atoms with van der Waals surface area (Å²) >= 11 is 0. The second kappa shape index (κ2) is 18.3. The third kappa shape index (κ3) is 9.42. The first-order chi connectivity index (χ1) is 28.1. The summed E-state index contributed by atoms with van der Waals surface area (Å²) in [6.45, 7) is 1.69. The van der Waals surface area contributed by atoms with Crippen molar-refractivity contribution in [3.8, 4) is 0 Å². The number of carbonyl (C=O) groups is 4. The highest BCUT2D eigenvalue weighted by molar-refractivity contribution is 5.99. The first-order valence-corrected chi connectivity index (χ1v) is 19.5. The van der Waals surface area contributed by atoms with E-state index in [-0.39, 0.29) is 17.6 Å². The lowest BCUT2D eigenvalue weighted by molar-refractivity contribution is -0.144. The summed E-state index contributed by atoms with van der Waals surface area (Å²) in [5.74, 6) is -1.98. The van der Waals surface area contributed by atoms with Crippen LogP contribution in [0.15, 0.2) is 133 Å². The van der Waals surface area contributed by atoms with Gasteiger partial charge in [0.1, 0.15) is 17.9 Å². The van der Waals surface area contributed by atoms with E-state index in [4.69, 9.17) is 0 Å². The van der Waals surface area contributed by atoms with E-state index in [2.05, 4.69) is 15.5 Å². The predicted octanol–water partition coefficient (Wildman–Crippen LogP) is 6.36. The van der Waals surface area contributed by atoms with E-state index >= 15 is 0 Å². The zero-order chi connectivity index (χ0) is 40.6. The Morgan fingerprint density at radius 1 is 0.586 bits per heavy atom. The lowest BCUT2D eigenvalue weighted by Gasteiger charge is -2.27. The molecule has 1 unspecified atom stereocenters. The van der Waals surface area contributed by atoms with Gasteiger partial charge in [-0.05, 0) is 96.5 Å². The number of nitrogens with zero attached hydrogens (tertiary/aromatic N) is 3.